The highest BCUT2D eigenvalue weighted by atomic mass is 16.5. The Morgan fingerprint density at radius 2 is 1.81 bits per heavy atom. The number of carboxylic acids is 1. The van der Waals surface area contributed by atoms with Crippen LogP contribution >= 0.6 is 0 Å². The number of nitrogens with one attached hydrogen (secondary N) is 1. The van der Waals surface area contributed by atoms with E-state index in [0.29, 0.717) is 28.9 Å². The van der Waals surface area contributed by atoms with Gasteiger partial charge in [0, 0.05) is 41.9 Å². The summed E-state index contributed by atoms with van der Waals surface area (Å²) in [7, 11) is 0. The van der Waals surface area contributed by atoms with E-state index in [-0.39, 0.29) is 13.0 Å². The number of carboxylic acid groups (broad SMARTS) is 1. The van der Waals surface area contributed by atoms with Crippen molar-refractivity contribution < 1.29 is 23.8 Å². The smallest absolute Gasteiger partial charge is 0.340 e. The number of aliphatic carboxylic acids is 1. The summed E-state index contributed by atoms with van der Waals surface area (Å²) in [6.07, 6.45) is -0.655. The van der Waals surface area contributed by atoms with Crippen molar-refractivity contribution in [2.24, 2.45) is 0 Å². The summed E-state index contributed by atoms with van der Waals surface area (Å²) in [6.45, 7) is 5.18. The zero-order chi connectivity index (χ0) is 22.5. The van der Waals surface area contributed by atoms with Crippen LogP contribution < -0.4 is 20.8 Å². The van der Waals surface area contributed by atoms with Gasteiger partial charge in [0.2, 0.25) is 0 Å². The third kappa shape index (κ3) is 5.12. The van der Waals surface area contributed by atoms with Crippen molar-refractivity contribution in [2.45, 2.75) is 39.7 Å². The fourth-order valence-corrected chi connectivity index (χ4v) is 3.38. The second-order valence-electron chi connectivity index (χ2n) is 7.39. The van der Waals surface area contributed by atoms with Crippen LogP contribution in [-0.4, -0.2) is 24.5 Å². The Labute approximate surface area is 179 Å². The first-order chi connectivity index (χ1) is 14.8. The number of carbonyl (C=O) groups excluding carboxylic acids is 2. The second kappa shape index (κ2) is 9.47. The quantitative estimate of drug-likeness (QED) is 0.557. The lowest BCUT2D eigenvalue weighted by molar-refractivity contribution is -0.305. The molecule has 7 nitrogen and oxygen atoms in total. The van der Waals surface area contributed by atoms with E-state index >= 15 is 0 Å². The van der Waals surface area contributed by atoms with Crippen LogP contribution in [0.1, 0.15) is 35.6 Å². The minimum atomic E-state index is -1.24. The minimum Gasteiger partial charge on any atom is -0.550 e. The fourth-order valence-electron chi connectivity index (χ4n) is 3.38. The third-order valence-electron chi connectivity index (χ3n) is 5.18. The van der Waals surface area contributed by atoms with Crippen LogP contribution in [0.5, 0.6) is 5.75 Å². The minimum absolute atomic E-state index is 0.0379. The maximum Gasteiger partial charge on any atom is 0.340 e. The maximum absolute atomic E-state index is 12.7. The second-order valence-corrected chi connectivity index (χ2v) is 7.39. The predicted molar refractivity (Wildman–Crippen MR) is 114 cm³/mol. The van der Waals surface area contributed by atoms with Crippen molar-refractivity contribution in [1.82, 2.24) is 5.32 Å². The van der Waals surface area contributed by atoms with Crippen molar-refractivity contribution in [3.63, 3.8) is 0 Å². The summed E-state index contributed by atoms with van der Waals surface area (Å²) in [5.41, 5.74) is 3.10. The molecule has 162 valence electrons. The van der Waals surface area contributed by atoms with Gasteiger partial charge in [-0.25, -0.2) is 4.79 Å². The maximum atomic E-state index is 12.7. The molecule has 0 fully saturated rings. The Bertz CT molecular complexity index is 1170. The van der Waals surface area contributed by atoms with Gasteiger partial charge in [0.25, 0.3) is 5.91 Å². The molecule has 1 aromatic heterocycles. The summed E-state index contributed by atoms with van der Waals surface area (Å²) >= 11 is 0. The van der Waals surface area contributed by atoms with Crippen molar-refractivity contribution in [1.29, 1.82) is 0 Å². The van der Waals surface area contributed by atoms with Crippen molar-refractivity contribution in [2.75, 3.05) is 6.54 Å². The molecule has 3 rings (SSSR count). The molecule has 7 heteroatoms. The number of benzene rings is 2. The topological polar surface area (TPSA) is 109 Å². The van der Waals surface area contributed by atoms with Crippen LogP contribution in [0, 0.1) is 13.8 Å². The normalized spacial score (nSPS) is 11.8. The third-order valence-corrected chi connectivity index (χ3v) is 5.18. The molecule has 0 spiro atoms. The zero-order valence-corrected chi connectivity index (χ0v) is 17.7. The van der Waals surface area contributed by atoms with Crippen LogP contribution in [0.4, 0.5) is 0 Å². The molecular weight excluding hydrogens is 398 g/mol. The lowest BCUT2D eigenvalue weighted by Gasteiger charge is -2.17. The highest BCUT2D eigenvalue weighted by Crippen LogP contribution is 2.30. The van der Waals surface area contributed by atoms with E-state index in [1.807, 2.05) is 43.3 Å². The average Bonchev–Trinajstić information content (AvgIpc) is 2.74. The first-order valence-electron chi connectivity index (χ1n) is 10.0. The molecule has 31 heavy (non-hydrogen) atoms. The van der Waals surface area contributed by atoms with Gasteiger partial charge < -0.3 is 24.4 Å². The monoisotopic (exact) mass is 422 g/mol. The number of hydrogen-bond donors (Lipinski definition) is 1. The molecule has 0 saturated carbocycles. The number of amides is 1. The molecule has 0 bridgehead atoms. The van der Waals surface area contributed by atoms with Gasteiger partial charge in [-0.3, -0.25) is 4.79 Å². The van der Waals surface area contributed by atoms with E-state index in [4.69, 9.17) is 9.15 Å². The molecule has 0 aliphatic rings. The number of hydrogen-bond acceptors (Lipinski definition) is 6. The van der Waals surface area contributed by atoms with Gasteiger partial charge in [-0.1, -0.05) is 30.3 Å². The Hall–Kier alpha value is -3.61. The summed E-state index contributed by atoms with van der Waals surface area (Å²) in [5.74, 6) is -1.28. The molecule has 2 aromatic carbocycles. The van der Waals surface area contributed by atoms with E-state index in [1.54, 1.807) is 19.9 Å². The van der Waals surface area contributed by atoms with Gasteiger partial charge in [0.05, 0.1) is 0 Å². The largest absolute Gasteiger partial charge is 0.550 e. The number of rotatable bonds is 8. The van der Waals surface area contributed by atoms with E-state index in [1.165, 1.54) is 0 Å². The molecule has 0 radical (unpaired) electrons. The summed E-state index contributed by atoms with van der Waals surface area (Å²) in [6, 6.07) is 13.3. The highest BCUT2D eigenvalue weighted by Gasteiger charge is 2.19. The SMILES string of the molecule is Cc1c(Cc2ccccc2)c(=O)oc2c(C)c(O[C@@H](C)C(=O)NCCC(=O)[O-])ccc12. The lowest BCUT2D eigenvalue weighted by atomic mass is 9.98. The van der Waals surface area contributed by atoms with E-state index in [0.717, 1.165) is 16.5 Å². The van der Waals surface area contributed by atoms with Crippen LogP contribution in [-0.2, 0) is 16.0 Å². The Morgan fingerprint density at radius 1 is 1.10 bits per heavy atom. The highest BCUT2D eigenvalue weighted by molar-refractivity contribution is 5.86. The van der Waals surface area contributed by atoms with Crippen LogP contribution in [0.3, 0.4) is 0 Å². The Morgan fingerprint density at radius 3 is 2.48 bits per heavy atom. The standard InChI is InChI=1S/C24H25NO6/c1-14-18-9-10-20(30-16(3)23(28)25-12-11-21(26)27)15(2)22(18)31-24(29)19(14)13-17-7-5-4-6-8-17/h4-10,16H,11-13H2,1-3H3,(H,25,28)(H,26,27)/p-1/t16-/m0/s1. The molecule has 1 amide bonds. The van der Waals surface area contributed by atoms with Gasteiger partial charge in [-0.2, -0.15) is 0 Å². The van der Waals surface area contributed by atoms with E-state index in [2.05, 4.69) is 5.32 Å². The van der Waals surface area contributed by atoms with Crippen LogP contribution in [0.25, 0.3) is 11.0 Å². The Balaban J connectivity index is 1.85. The molecular formula is C24H24NO6-. The molecule has 0 saturated heterocycles. The van der Waals surface area contributed by atoms with Crippen molar-refractivity contribution in [3.05, 3.63) is 75.1 Å². The fraction of sp³-hybridized carbons (Fsp3) is 0.292. The molecule has 0 aliphatic heterocycles. The number of aryl methyl sites for hydroxylation is 2. The number of ether oxygens (including phenoxy) is 1. The van der Waals surface area contributed by atoms with Gasteiger partial charge in [-0.05, 0) is 44.0 Å². The van der Waals surface area contributed by atoms with Gasteiger partial charge >= 0.3 is 5.63 Å². The van der Waals surface area contributed by atoms with Crippen molar-refractivity contribution >= 4 is 22.8 Å². The van der Waals surface area contributed by atoms with Crippen molar-refractivity contribution in [3.8, 4) is 5.75 Å². The summed E-state index contributed by atoms with van der Waals surface area (Å²) in [4.78, 5) is 35.3. The predicted octanol–water partition coefficient (Wildman–Crippen LogP) is 2.02. The van der Waals surface area contributed by atoms with Crippen LogP contribution in [0.2, 0.25) is 0 Å². The number of fused-ring (bicyclic) bond motifs is 1. The first kappa shape index (κ1) is 22.1. The van der Waals surface area contributed by atoms with Gasteiger partial charge in [0.15, 0.2) is 6.10 Å². The lowest BCUT2D eigenvalue weighted by Crippen LogP contribution is -2.38. The van der Waals surface area contributed by atoms with Gasteiger partial charge in [0.1, 0.15) is 11.3 Å². The van der Waals surface area contributed by atoms with E-state index in [9.17, 15) is 19.5 Å². The summed E-state index contributed by atoms with van der Waals surface area (Å²) < 4.78 is 11.4. The molecule has 1 N–H and O–H groups in total. The molecule has 0 unspecified atom stereocenters. The average molecular weight is 422 g/mol. The Kier molecular flexibility index (Phi) is 6.74. The van der Waals surface area contributed by atoms with Crippen LogP contribution in [0.15, 0.2) is 51.7 Å². The first-order valence-corrected chi connectivity index (χ1v) is 10.0. The summed E-state index contributed by atoms with van der Waals surface area (Å²) in [5, 5.41) is 13.8. The molecule has 1 heterocycles. The number of carbonyl (C=O) groups is 2. The molecule has 3 aromatic rings. The van der Waals surface area contributed by atoms with Gasteiger partial charge in [-0.15, -0.1) is 0 Å². The molecule has 0 aliphatic carbocycles. The molecule has 1 atom stereocenters. The zero-order valence-electron chi connectivity index (χ0n) is 17.7. The van der Waals surface area contributed by atoms with E-state index < -0.39 is 23.6 Å².